The summed E-state index contributed by atoms with van der Waals surface area (Å²) in [4.78, 5) is 4.03. The summed E-state index contributed by atoms with van der Waals surface area (Å²) in [5.74, 6) is 0. The lowest BCUT2D eigenvalue weighted by atomic mass is 10.3. The second-order valence-corrected chi connectivity index (χ2v) is 3.86. The predicted molar refractivity (Wildman–Crippen MR) is 49.1 cm³/mol. The van der Waals surface area contributed by atoms with Gasteiger partial charge in [0.05, 0.1) is 11.0 Å². The fourth-order valence-corrected chi connectivity index (χ4v) is 1.81. The van der Waals surface area contributed by atoms with Gasteiger partial charge in [0, 0.05) is 10.7 Å². The number of hydrogen-bond donors (Lipinski definition) is 0. The van der Waals surface area contributed by atoms with Crippen LogP contribution in [0, 0.1) is 0 Å². The van der Waals surface area contributed by atoms with Gasteiger partial charge in [-0.1, -0.05) is 12.1 Å². The molecule has 0 fully saturated rings. The summed E-state index contributed by atoms with van der Waals surface area (Å²) in [6, 6.07) is 7.39. The highest BCUT2D eigenvalue weighted by Gasteiger charge is 2.03. The second-order valence-electron chi connectivity index (χ2n) is 2.27. The average molecular weight is 201 g/mol. The van der Waals surface area contributed by atoms with Gasteiger partial charge in [-0.15, -0.1) is 0 Å². The molecular formula is C7H5ClN2OS. The molecule has 0 N–H and O–H groups in total. The molecule has 0 saturated carbocycles. The summed E-state index contributed by atoms with van der Waals surface area (Å²) in [6.45, 7) is 0. The molecule has 0 radical (unpaired) electrons. The molecule has 0 aliphatic rings. The van der Waals surface area contributed by atoms with Crippen molar-refractivity contribution in [1.82, 2.24) is 8.96 Å². The Balaban J connectivity index is 2.79. The third-order valence-electron chi connectivity index (χ3n) is 1.58. The molecule has 2 rings (SSSR count). The third-order valence-corrected chi connectivity index (χ3v) is 2.62. The Kier molecular flexibility index (Phi) is 1.86. The van der Waals surface area contributed by atoms with Crippen molar-refractivity contribution < 1.29 is 4.21 Å². The van der Waals surface area contributed by atoms with Crippen molar-refractivity contribution in [2.75, 3.05) is 0 Å². The van der Waals surface area contributed by atoms with Crippen molar-refractivity contribution in [2.24, 2.45) is 0 Å². The van der Waals surface area contributed by atoms with Gasteiger partial charge in [0.15, 0.2) is 0 Å². The summed E-state index contributed by atoms with van der Waals surface area (Å²) in [6.07, 6.45) is 1.47. The molecular weight excluding hydrogens is 196 g/mol. The molecule has 0 saturated heterocycles. The number of rotatable bonds is 1. The van der Waals surface area contributed by atoms with Gasteiger partial charge < -0.3 is 0 Å². The molecule has 1 aromatic heterocycles. The Morgan fingerprint density at radius 3 is 2.92 bits per heavy atom. The number of para-hydroxylation sites is 2. The van der Waals surface area contributed by atoms with E-state index in [4.69, 9.17) is 10.7 Å². The van der Waals surface area contributed by atoms with Gasteiger partial charge >= 0.3 is 0 Å². The van der Waals surface area contributed by atoms with Gasteiger partial charge in [0.2, 0.25) is 10.2 Å². The van der Waals surface area contributed by atoms with Gasteiger partial charge in [-0.25, -0.2) is 13.2 Å². The topological polar surface area (TPSA) is 34.9 Å². The fraction of sp³-hybridized carbons (Fsp3) is 0. The van der Waals surface area contributed by atoms with Crippen molar-refractivity contribution >= 4 is 31.9 Å². The van der Waals surface area contributed by atoms with E-state index in [-0.39, 0.29) is 0 Å². The number of aromatic nitrogens is 2. The lowest BCUT2D eigenvalue weighted by Crippen LogP contribution is -1.93. The summed E-state index contributed by atoms with van der Waals surface area (Å²) < 4.78 is 12.3. The van der Waals surface area contributed by atoms with Crippen molar-refractivity contribution in [3.63, 3.8) is 0 Å². The van der Waals surface area contributed by atoms with E-state index in [1.54, 1.807) is 0 Å². The highest BCUT2D eigenvalue weighted by atomic mass is 35.7. The Morgan fingerprint density at radius 2 is 2.17 bits per heavy atom. The smallest absolute Gasteiger partial charge is 0.223 e. The molecule has 5 heteroatoms. The molecule has 0 amide bonds. The normalized spacial score (nSPS) is 13.4. The standard InChI is InChI=1S/C7H5ClN2OS/c8-12(11)10-5-9-6-3-1-2-4-7(6)10/h1-5H/t12-/m1/s1. The molecule has 0 unspecified atom stereocenters. The van der Waals surface area contributed by atoms with Crippen molar-refractivity contribution in [3.05, 3.63) is 30.6 Å². The van der Waals surface area contributed by atoms with Crippen molar-refractivity contribution in [3.8, 4) is 0 Å². The van der Waals surface area contributed by atoms with E-state index in [9.17, 15) is 4.21 Å². The minimum atomic E-state index is -1.55. The van der Waals surface area contributed by atoms with E-state index in [0.29, 0.717) is 0 Å². The van der Waals surface area contributed by atoms with E-state index in [2.05, 4.69) is 4.98 Å². The maximum atomic E-state index is 10.9. The lowest BCUT2D eigenvalue weighted by Gasteiger charge is -1.93. The highest BCUT2D eigenvalue weighted by Crippen LogP contribution is 2.13. The predicted octanol–water partition coefficient (Wildman–Crippen LogP) is 1.70. The molecule has 0 aliphatic carbocycles. The first-order valence-corrected chi connectivity index (χ1v) is 5.23. The third kappa shape index (κ3) is 1.13. The molecule has 1 aromatic carbocycles. The number of nitrogens with zero attached hydrogens (tertiary/aromatic N) is 2. The molecule has 0 aliphatic heterocycles. The van der Waals surface area contributed by atoms with Crippen LogP contribution in [0.15, 0.2) is 30.6 Å². The summed E-state index contributed by atoms with van der Waals surface area (Å²) >= 11 is 0. The number of fused-ring (bicyclic) bond motifs is 1. The fourth-order valence-electron chi connectivity index (χ4n) is 1.05. The molecule has 0 spiro atoms. The van der Waals surface area contributed by atoms with Crippen molar-refractivity contribution in [2.45, 2.75) is 0 Å². The van der Waals surface area contributed by atoms with Crippen LogP contribution in [-0.2, 0) is 10.2 Å². The van der Waals surface area contributed by atoms with Crippen LogP contribution in [0.1, 0.15) is 0 Å². The molecule has 1 heterocycles. The van der Waals surface area contributed by atoms with Crippen LogP contribution >= 0.6 is 10.7 Å². The van der Waals surface area contributed by atoms with Gasteiger partial charge in [-0.3, -0.25) is 0 Å². The average Bonchev–Trinajstić information content (AvgIpc) is 2.47. The van der Waals surface area contributed by atoms with Crippen LogP contribution in [-0.4, -0.2) is 13.2 Å². The number of halogens is 1. The minimum absolute atomic E-state index is 0.783. The summed E-state index contributed by atoms with van der Waals surface area (Å²) in [5.41, 5.74) is 1.58. The number of imidazole rings is 1. The summed E-state index contributed by atoms with van der Waals surface area (Å²) in [7, 11) is 3.87. The molecule has 2 aromatic rings. The van der Waals surface area contributed by atoms with Gasteiger partial charge in [-0.2, -0.15) is 0 Å². The molecule has 0 bridgehead atoms. The summed E-state index contributed by atoms with van der Waals surface area (Å²) in [5, 5.41) is 0. The van der Waals surface area contributed by atoms with Crippen LogP contribution in [0.25, 0.3) is 11.0 Å². The monoisotopic (exact) mass is 200 g/mol. The van der Waals surface area contributed by atoms with Crippen LogP contribution in [0.4, 0.5) is 0 Å². The molecule has 3 nitrogen and oxygen atoms in total. The first-order chi connectivity index (χ1) is 5.79. The van der Waals surface area contributed by atoms with Gasteiger partial charge in [-0.05, 0) is 12.1 Å². The zero-order valence-electron chi connectivity index (χ0n) is 5.98. The number of benzene rings is 1. The van der Waals surface area contributed by atoms with Crippen LogP contribution < -0.4 is 0 Å². The Bertz CT molecular complexity index is 440. The van der Waals surface area contributed by atoms with E-state index in [0.717, 1.165) is 11.0 Å². The van der Waals surface area contributed by atoms with Crippen LogP contribution in [0.3, 0.4) is 0 Å². The number of hydrogen-bond acceptors (Lipinski definition) is 2. The quantitative estimate of drug-likeness (QED) is 0.657. The first-order valence-electron chi connectivity index (χ1n) is 3.29. The van der Waals surface area contributed by atoms with Crippen LogP contribution in [0.2, 0.25) is 0 Å². The Labute approximate surface area is 76.1 Å². The zero-order valence-corrected chi connectivity index (χ0v) is 7.55. The van der Waals surface area contributed by atoms with E-state index < -0.39 is 10.2 Å². The van der Waals surface area contributed by atoms with Gasteiger partial charge in [0.1, 0.15) is 6.33 Å². The largest absolute Gasteiger partial charge is 0.236 e. The maximum Gasteiger partial charge on any atom is 0.223 e. The Morgan fingerprint density at radius 1 is 1.42 bits per heavy atom. The zero-order chi connectivity index (χ0) is 8.55. The Hall–Kier alpha value is -0.870. The highest BCUT2D eigenvalue weighted by molar-refractivity contribution is 8.07. The molecule has 1 atom stereocenters. The first kappa shape index (κ1) is 7.76. The SMILES string of the molecule is O=[S@](Cl)n1cnc2ccccc21. The maximum absolute atomic E-state index is 10.9. The lowest BCUT2D eigenvalue weighted by molar-refractivity contribution is 0.687. The van der Waals surface area contributed by atoms with Crippen molar-refractivity contribution in [1.29, 1.82) is 0 Å². The minimum Gasteiger partial charge on any atom is -0.236 e. The molecule has 62 valence electrons. The second kappa shape index (κ2) is 2.88. The van der Waals surface area contributed by atoms with E-state index >= 15 is 0 Å². The van der Waals surface area contributed by atoms with E-state index in [1.807, 2.05) is 24.3 Å². The molecule has 12 heavy (non-hydrogen) atoms. The van der Waals surface area contributed by atoms with E-state index in [1.165, 1.54) is 10.3 Å². The van der Waals surface area contributed by atoms with Crippen LogP contribution in [0.5, 0.6) is 0 Å². The van der Waals surface area contributed by atoms with Gasteiger partial charge in [0.25, 0.3) is 0 Å².